The Morgan fingerprint density at radius 2 is 1.70 bits per heavy atom. The molecule has 5 nitrogen and oxygen atoms in total. The van der Waals surface area contributed by atoms with Gasteiger partial charge in [-0.1, -0.05) is 19.1 Å². The minimum Gasteiger partial charge on any atom is -0.314 e. The van der Waals surface area contributed by atoms with Gasteiger partial charge in [0.2, 0.25) is 0 Å². The predicted molar refractivity (Wildman–Crippen MR) is 92.4 cm³/mol. The fourth-order valence-corrected chi connectivity index (χ4v) is 1.40. The number of hydrogen-bond acceptors (Lipinski definition) is 6. The van der Waals surface area contributed by atoms with Gasteiger partial charge in [0.1, 0.15) is 0 Å². The van der Waals surface area contributed by atoms with Crippen molar-refractivity contribution in [3.8, 4) is 0 Å². The van der Waals surface area contributed by atoms with E-state index in [2.05, 4.69) is 52.0 Å². The Hall–Kier alpha value is -0.0300. The highest BCUT2D eigenvalue weighted by Crippen LogP contribution is 1.98. The molecule has 0 aliphatic carbocycles. The molecule has 0 saturated carbocycles. The second kappa shape index (κ2) is 19.0. The lowest BCUT2D eigenvalue weighted by Gasteiger charge is -2.12. The van der Waals surface area contributed by atoms with E-state index in [4.69, 9.17) is 4.55 Å². The Kier molecular flexibility index (Phi) is 23.7. The summed E-state index contributed by atoms with van der Waals surface area (Å²) >= 11 is 8.25. The first-order chi connectivity index (χ1) is 9.32. The average molecular weight is 362 g/mol. The van der Waals surface area contributed by atoms with E-state index in [1.165, 1.54) is 6.92 Å². The number of rotatable bonds is 8. The lowest BCUT2D eigenvalue weighted by molar-refractivity contribution is 0.283. The van der Waals surface area contributed by atoms with E-state index < -0.39 is 10.4 Å². The van der Waals surface area contributed by atoms with Gasteiger partial charge in [-0.2, -0.15) is 8.42 Å². The third-order valence-corrected chi connectivity index (χ3v) is 2.20. The van der Waals surface area contributed by atoms with E-state index in [0.717, 1.165) is 28.3 Å². The fourth-order valence-electron chi connectivity index (χ4n) is 1.10. The molecule has 0 unspecified atom stereocenters. The van der Waals surface area contributed by atoms with Gasteiger partial charge in [-0.05, 0) is 26.3 Å². The van der Waals surface area contributed by atoms with Crippen LogP contribution in [0.3, 0.4) is 0 Å². The first-order valence-corrected chi connectivity index (χ1v) is 9.84. The van der Waals surface area contributed by atoms with Gasteiger partial charge in [0.15, 0.2) is 0 Å². The molecular formula is C11H23NO4S4. The molecule has 0 heterocycles. The summed E-state index contributed by atoms with van der Waals surface area (Å²) in [4.78, 5) is 0. The van der Waals surface area contributed by atoms with Crippen molar-refractivity contribution in [2.24, 2.45) is 0 Å². The van der Waals surface area contributed by atoms with Crippen molar-refractivity contribution in [3.05, 3.63) is 25.3 Å². The summed E-state index contributed by atoms with van der Waals surface area (Å²) in [6.45, 7) is 11.9. The van der Waals surface area contributed by atoms with Gasteiger partial charge in [0, 0.05) is 37.3 Å². The number of hydrogen-bond donors (Lipinski definition) is 2. The molecule has 0 radical (unpaired) electrons. The van der Waals surface area contributed by atoms with E-state index in [0.29, 0.717) is 6.04 Å². The van der Waals surface area contributed by atoms with E-state index in [1.807, 2.05) is 12.2 Å². The first-order valence-electron chi connectivity index (χ1n) is 5.81. The molecule has 0 aliphatic rings. The first kappa shape index (κ1) is 25.0. The summed E-state index contributed by atoms with van der Waals surface area (Å²) in [7, 11) is -3.26. The van der Waals surface area contributed by atoms with Crippen LogP contribution in [0.1, 0.15) is 26.7 Å². The third kappa shape index (κ3) is 30.8. The van der Waals surface area contributed by atoms with Crippen LogP contribution in [0.2, 0.25) is 0 Å². The SMILES string of the molecule is C=CCC(CC=C)NCC.CCOS(=O)(=O)O.S=S=S. The van der Waals surface area contributed by atoms with Gasteiger partial charge in [0.05, 0.1) is 6.61 Å². The maximum absolute atomic E-state index is 9.56. The molecule has 0 aromatic heterocycles. The molecule has 0 aromatic carbocycles. The number of nitrogens with one attached hydrogen (secondary N) is 1. The molecule has 0 bridgehead atoms. The molecule has 2 N–H and O–H groups in total. The molecule has 0 fully saturated rings. The Morgan fingerprint density at radius 3 is 1.85 bits per heavy atom. The van der Waals surface area contributed by atoms with Crippen molar-refractivity contribution in [1.82, 2.24) is 5.32 Å². The maximum atomic E-state index is 9.56. The van der Waals surface area contributed by atoms with Gasteiger partial charge >= 0.3 is 10.4 Å². The molecule has 0 spiro atoms. The van der Waals surface area contributed by atoms with E-state index in [1.54, 1.807) is 0 Å². The lowest BCUT2D eigenvalue weighted by atomic mass is 10.1. The van der Waals surface area contributed by atoms with Crippen LogP contribution in [0, 0.1) is 0 Å². The summed E-state index contributed by atoms with van der Waals surface area (Å²) in [6.07, 6.45) is 5.94. The third-order valence-electron chi connectivity index (χ3n) is 1.66. The molecule has 20 heavy (non-hydrogen) atoms. The van der Waals surface area contributed by atoms with Gasteiger partial charge in [-0.3, -0.25) is 4.55 Å². The summed E-state index contributed by atoms with van der Waals surface area (Å²) in [5.74, 6) is 0. The van der Waals surface area contributed by atoms with Crippen molar-refractivity contribution in [2.75, 3.05) is 13.2 Å². The molecule has 0 amide bonds. The topological polar surface area (TPSA) is 75.6 Å². The van der Waals surface area contributed by atoms with Crippen LogP contribution < -0.4 is 5.32 Å². The molecule has 0 aliphatic heterocycles. The van der Waals surface area contributed by atoms with Crippen molar-refractivity contribution >= 4 is 41.7 Å². The lowest BCUT2D eigenvalue weighted by Crippen LogP contribution is -2.27. The molecule has 9 heteroatoms. The second-order valence-corrected chi connectivity index (χ2v) is 6.07. The van der Waals surface area contributed by atoms with E-state index >= 15 is 0 Å². The largest absolute Gasteiger partial charge is 0.397 e. The summed E-state index contributed by atoms with van der Waals surface area (Å²) < 4.78 is 30.7. The van der Waals surface area contributed by atoms with Crippen LogP contribution in [0.4, 0.5) is 0 Å². The van der Waals surface area contributed by atoms with E-state index in [9.17, 15) is 8.42 Å². The molecular weight excluding hydrogens is 338 g/mol. The maximum Gasteiger partial charge on any atom is 0.397 e. The summed E-state index contributed by atoms with van der Waals surface area (Å²) in [5.41, 5.74) is 0. The quantitative estimate of drug-likeness (QED) is 0.505. The van der Waals surface area contributed by atoms with Crippen LogP contribution in [0.5, 0.6) is 0 Å². The van der Waals surface area contributed by atoms with Gasteiger partial charge in [-0.15, -0.1) is 13.2 Å². The van der Waals surface area contributed by atoms with Crippen LogP contribution in [-0.2, 0) is 45.8 Å². The van der Waals surface area contributed by atoms with Crippen molar-refractivity contribution in [2.45, 2.75) is 32.7 Å². The summed E-state index contributed by atoms with van der Waals surface area (Å²) in [5, 5.41) is 3.34. The Morgan fingerprint density at radius 1 is 1.30 bits per heavy atom. The Labute approximate surface area is 135 Å². The Balaban J connectivity index is -0.000000251. The van der Waals surface area contributed by atoms with Gasteiger partial charge in [-0.25, -0.2) is 4.18 Å². The predicted octanol–water partition coefficient (Wildman–Crippen LogP) is 1.94. The normalized spacial score (nSPS) is 9.60. The van der Waals surface area contributed by atoms with Crippen molar-refractivity contribution in [3.63, 3.8) is 0 Å². The fraction of sp³-hybridized carbons (Fsp3) is 0.636. The van der Waals surface area contributed by atoms with Crippen LogP contribution in [0.15, 0.2) is 25.3 Å². The Bertz CT molecular complexity index is 355. The smallest absolute Gasteiger partial charge is 0.314 e. The standard InChI is InChI=1S/C9H17N.C2H6O4S.S3/c1-4-7-9(8-5-2)10-6-3;1-2-6-7(3,4)5;1-3-2/h4-5,9-10H,1-2,6-8H2,3H3;2H2,1H3,(H,3,4,5);. The molecule has 0 rings (SSSR count). The zero-order chi connectivity index (χ0) is 16.4. The molecule has 0 aromatic rings. The van der Waals surface area contributed by atoms with Crippen LogP contribution >= 0.6 is 0 Å². The average Bonchev–Trinajstić information content (AvgIpc) is 2.30. The second-order valence-electron chi connectivity index (χ2n) is 3.21. The minimum absolute atomic E-state index is 0.0289. The highest BCUT2D eigenvalue weighted by molar-refractivity contribution is 8.37. The monoisotopic (exact) mass is 361 g/mol. The molecule has 0 saturated heterocycles. The zero-order valence-corrected chi connectivity index (χ0v) is 15.0. The van der Waals surface area contributed by atoms with Crippen LogP contribution in [-0.4, -0.2) is 32.2 Å². The van der Waals surface area contributed by atoms with Gasteiger partial charge in [0.25, 0.3) is 0 Å². The molecule has 120 valence electrons. The molecule has 0 atom stereocenters. The highest BCUT2D eigenvalue weighted by Gasteiger charge is 2.00. The van der Waals surface area contributed by atoms with Crippen molar-refractivity contribution in [1.29, 1.82) is 0 Å². The highest BCUT2D eigenvalue weighted by atomic mass is 33.1. The van der Waals surface area contributed by atoms with Gasteiger partial charge < -0.3 is 5.32 Å². The zero-order valence-electron chi connectivity index (χ0n) is 11.8. The van der Waals surface area contributed by atoms with E-state index in [-0.39, 0.29) is 6.61 Å². The van der Waals surface area contributed by atoms with Crippen molar-refractivity contribution < 1.29 is 17.2 Å². The van der Waals surface area contributed by atoms with Crippen LogP contribution in [0.25, 0.3) is 0 Å². The minimum atomic E-state index is -4.17. The summed E-state index contributed by atoms with van der Waals surface area (Å²) in [6, 6.07) is 0.542.